The summed E-state index contributed by atoms with van der Waals surface area (Å²) >= 11 is 0. The standard InChI is InChI=1S/C16H23NO/c1-11(9-12-5-6-12)17-16-4-2-3-13-10-14(18)7-8-15(13)16/h7-8,10-12,16-18H,2-6,9H2,1H3. The summed E-state index contributed by atoms with van der Waals surface area (Å²) in [6.07, 6.45) is 7.75. The number of phenols is 1. The molecule has 2 heteroatoms. The van der Waals surface area contributed by atoms with Gasteiger partial charge in [0.2, 0.25) is 0 Å². The van der Waals surface area contributed by atoms with E-state index in [2.05, 4.69) is 18.3 Å². The van der Waals surface area contributed by atoms with Gasteiger partial charge in [-0.15, -0.1) is 0 Å². The highest BCUT2D eigenvalue weighted by molar-refractivity contribution is 5.38. The molecule has 1 saturated carbocycles. The van der Waals surface area contributed by atoms with Gasteiger partial charge in [0.25, 0.3) is 0 Å². The molecule has 0 amide bonds. The third kappa shape index (κ3) is 2.69. The summed E-state index contributed by atoms with van der Waals surface area (Å²) in [5.41, 5.74) is 2.74. The summed E-state index contributed by atoms with van der Waals surface area (Å²) in [5, 5.41) is 13.3. The Kier molecular flexibility index (Phi) is 3.29. The van der Waals surface area contributed by atoms with Gasteiger partial charge >= 0.3 is 0 Å². The molecule has 0 bridgehead atoms. The van der Waals surface area contributed by atoms with Crippen LogP contribution in [0.5, 0.6) is 5.75 Å². The lowest BCUT2D eigenvalue weighted by Gasteiger charge is -2.29. The summed E-state index contributed by atoms with van der Waals surface area (Å²) in [7, 11) is 0. The zero-order valence-electron chi connectivity index (χ0n) is 11.2. The second-order valence-electron chi connectivity index (χ2n) is 6.07. The van der Waals surface area contributed by atoms with Crippen LogP contribution in [0.4, 0.5) is 0 Å². The maximum atomic E-state index is 9.56. The molecular weight excluding hydrogens is 222 g/mol. The molecule has 0 aromatic heterocycles. The normalized spacial score (nSPS) is 24.6. The second kappa shape index (κ2) is 4.93. The van der Waals surface area contributed by atoms with Gasteiger partial charge in [0.1, 0.15) is 5.75 Å². The first-order valence-corrected chi connectivity index (χ1v) is 7.30. The second-order valence-corrected chi connectivity index (χ2v) is 6.07. The molecule has 1 aromatic rings. The zero-order chi connectivity index (χ0) is 12.5. The van der Waals surface area contributed by atoms with Crippen molar-refractivity contribution in [3.63, 3.8) is 0 Å². The molecule has 98 valence electrons. The van der Waals surface area contributed by atoms with Gasteiger partial charge in [-0.3, -0.25) is 0 Å². The van der Waals surface area contributed by atoms with Crippen LogP contribution in [0.15, 0.2) is 18.2 Å². The third-order valence-corrected chi connectivity index (χ3v) is 4.31. The average molecular weight is 245 g/mol. The number of fused-ring (bicyclic) bond motifs is 1. The van der Waals surface area contributed by atoms with E-state index in [1.807, 2.05) is 12.1 Å². The molecule has 2 unspecified atom stereocenters. The molecule has 2 aliphatic rings. The predicted molar refractivity (Wildman–Crippen MR) is 73.7 cm³/mol. The van der Waals surface area contributed by atoms with Crippen molar-refractivity contribution in [1.29, 1.82) is 0 Å². The van der Waals surface area contributed by atoms with Crippen molar-refractivity contribution >= 4 is 0 Å². The quantitative estimate of drug-likeness (QED) is 0.850. The number of nitrogens with one attached hydrogen (secondary N) is 1. The molecule has 3 rings (SSSR count). The first-order valence-electron chi connectivity index (χ1n) is 7.30. The minimum Gasteiger partial charge on any atom is -0.508 e. The van der Waals surface area contributed by atoms with Gasteiger partial charge < -0.3 is 10.4 Å². The highest BCUT2D eigenvalue weighted by Gasteiger charge is 2.26. The van der Waals surface area contributed by atoms with Crippen LogP contribution in [-0.2, 0) is 6.42 Å². The van der Waals surface area contributed by atoms with Gasteiger partial charge in [-0.25, -0.2) is 0 Å². The lowest BCUT2D eigenvalue weighted by Crippen LogP contribution is -2.33. The highest BCUT2D eigenvalue weighted by atomic mass is 16.3. The van der Waals surface area contributed by atoms with E-state index in [0.29, 0.717) is 17.8 Å². The SMILES string of the molecule is CC(CC1CC1)NC1CCCc2cc(O)ccc21. The monoisotopic (exact) mass is 245 g/mol. The Labute approximate surface area is 109 Å². The summed E-state index contributed by atoms with van der Waals surface area (Å²) in [6.45, 7) is 2.31. The topological polar surface area (TPSA) is 32.3 Å². The van der Waals surface area contributed by atoms with Gasteiger partial charge in [0.15, 0.2) is 0 Å². The molecule has 2 atom stereocenters. The van der Waals surface area contributed by atoms with Crippen LogP contribution < -0.4 is 5.32 Å². The van der Waals surface area contributed by atoms with Crippen molar-refractivity contribution in [1.82, 2.24) is 5.32 Å². The molecular formula is C16H23NO. The molecule has 2 aliphatic carbocycles. The van der Waals surface area contributed by atoms with E-state index in [1.54, 1.807) is 0 Å². The van der Waals surface area contributed by atoms with E-state index in [-0.39, 0.29) is 0 Å². The van der Waals surface area contributed by atoms with Crippen molar-refractivity contribution in [2.45, 2.75) is 57.5 Å². The Morgan fingerprint density at radius 2 is 2.17 bits per heavy atom. The predicted octanol–water partition coefficient (Wildman–Crippen LogP) is 3.55. The van der Waals surface area contributed by atoms with Gasteiger partial charge in [0.05, 0.1) is 0 Å². The maximum absolute atomic E-state index is 9.56. The van der Waals surface area contributed by atoms with E-state index < -0.39 is 0 Å². The number of aromatic hydroxyl groups is 1. The minimum absolute atomic E-state index is 0.403. The molecule has 1 fully saturated rings. The number of hydrogen-bond donors (Lipinski definition) is 2. The molecule has 2 N–H and O–H groups in total. The lowest BCUT2D eigenvalue weighted by atomic mass is 9.87. The average Bonchev–Trinajstić information content (AvgIpc) is 3.12. The van der Waals surface area contributed by atoms with Gasteiger partial charge in [0, 0.05) is 12.1 Å². The number of phenolic OH excluding ortho intramolecular Hbond substituents is 1. The summed E-state index contributed by atoms with van der Waals surface area (Å²) in [4.78, 5) is 0. The van der Waals surface area contributed by atoms with E-state index in [1.165, 1.54) is 43.2 Å². The minimum atomic E-state index is 0.403. The Morgan fingerprint density at radius 1 is 1.33 bits per heavy atom. The first-order chi connectivity index (χ1) is 8.72. The Bertz CT molecular complexity index is 425. The maximum Gasteiger partial charge on any atom is 0.115 e. The van der Waals surface area contributed by atoms with Crippen molar-refractivity contribution in [3.8, 4) is 5.75 Å². The van der Waals surface area contributed by atoms with Crippen LogP contribution in [0.2, 0.25) is 0 Å². The molecule has 0 radical (unpaired) electrons. The number of hydrogen-bond acceptors (Lipinski definition) is 2. The molecule has 0 saturated heterocycles. The van der Waals surface area contributed by atoms with Gasteiger partial charge in [-0.1, -0.05) is 18.9 Å². The highest BCUT2D eigenvalue weighted by Crippen LogP contribution is 2.36. The Morgan fingerprint density at radius 3 is 2.94 bits per heavy atom. The summed E-state index contributed by atoms with van der Waals surface area (Å²) < 4.78 is 0. The lowest BCUT2D eigenvalue weighted by molar-refractivity contribution is 0.384. The van der Waals surface area contributed by atoms with E-state index in [4.69, 9.17) is 0 Å². The Balaban J connectivity index is 1.70. The fourth-order valence-corrected chi connectivity index (χ4v) is 3.24. The molecule has 0 heterocycles. The molecule has 0 aliphatic heterocycles. The van der Waals surface area contributed by atoms with Crippen LogP contribution >= 0.6 is 0 Å². The third-order valence-electron chi connectivity index (χ3n) is 4.31. The number of aryl methyl sites for hydroxylation is 1. The van der Waals surface area contributed by atoms with Crippen molar-refractivity contribution in [2.75, 3.05) is 0 Å². The van der Waals surface area contributed by atoms with Crippen LogP contribution in [0.25, 0.3) is 0 Å². The zero-order valence-corrected chi connectivity index (χ0v) is 11.2. The molecule has 18 heavy (non-hydrogen) atoms. The van der Waals surface area contributed by atoms with Crippen molar-refractivity contribution < 1.29 is 5.11 Å². The van der Waals surface area contributed by atoms with Crippen LogP contribution in [0, 0.1) is 5.92 Å². The van der Waals surface area contributed by atoms with Crippen molar-refractivity contribution in [2.24, 2.45) is 5.92 Å². The van der Waals surface area contributed by atoms with Crippen molar-refractivity contribution in [3.05, 3.63) is 29.3 Å². The summed E-state index contributed by atoms with van der Waals surface area (Å²) in [6, 6.07) is 6.97. The summed E-state index contributed by atoms with van der Waals surface area (Å²) in [5.74, 6) is 1.39. The number of rotatable bonds is 4. The van der Waals surface area contributed by atoms with Gasteiger partial charge in [-0.05, 0) is 61.8 Å². The number of benzene rings is 1. The molecule has 0 spiro atoms. The fourth-order valence-electron chi connectivity index (χ4n) is 3.24. The largest absolute Gasteiger partial charge is 0.508 e. The smallest absolute Gasteiger partial charge is 0.115 e. The van der Waals surface area contributed by atoms with Gasteiger partial charge in [-0.2, -0.15) is 0 Å². The van der Waals surface area contributed by atoms with Crippen LogP contribution in [-0.4, -0.2) is 11.1 Å². The van der Waals surface area contributed by atoms with E-state index in [9.17, 15) is 5.11 Å². The van der Waals surface area contributed by atoms with Crippen LogP contribution in [0.1, 0.15) is 56.2 Å². The van der Waals surface area contributed by atoms with Crippen LogP contribution in [0.3, 0.4) is 0 Å². The van der Waals surface area contributed by atoms with E-state index in [0.717, 1.165) is 12.3 Å². The molecule has 1 aromatic carbocycles. The Hall–Kier alpha value is -1.02. The van der Waals surface area contributed by atoms with E-state index >= 15 is 0 Å². The first kappa shape index (κ1) is 12.0. The fraction of sp³-hybridized carbons (Fsp3) is 0.625. The molecule has 2 nitrogen and oxygen atoms in total.